The smallest absolute Gasteiger partial charge is 0.331 e. The zero-order valence-electron chi connectivity index (χ0n) is 21.2. The molecule has 9 heteroatoms. The van der Waals surface area contributed by atoms with Crippen LogP contribution in [0.15, 0.2) is 18.2 Å². The van der Waals surface area contributed by atoms with E-state index < -0.39 is 35.0 Å². The average Bonchev–Trinajstić information content (AvgIpc) is 2.91. The predicted octanol–water partition coefficient (Wildman–Crippen LogP) is 3.61. The maximum Gasteiger partial charge on any atom is 0.331 e. The average molecular weight is 476 g/mol. The van der Waals surface area contributed by atoms with Crippen LogP contribution in [0.4, 0.5) is 10.1 Å². The van der Waals surface area contributed by atoms with Gasteiger partial charge < -0.3 is 25.0 Å². The molecular weight excluding hydrogens is 441 g/mol. The first-order valence-electron chi connectivity index (χ1n) is 10.9. The Balaban J connectivity index is 2.29. The lowest BCUT2D eigenvalue weighted by Crippen LogP contribution is -2.53. The van der Waals surface area contributed by atoms with Gasteiger partial charge in [-0.3, -0.25) is 9.59 Å². The molecule has 2 amide bonds. The first-order valence-corrected chi connectivity index (χ1v) is 10.9. The minimum absolute atomic E-state index is 0.218. The number of carbonyl (C=O) groups excluding carboxylic acids is 3. The lowest BCUT2D eigenvalue weighted by molar-refractivity contribution is -0.163. The number of rotatable bonds is 6. The monoisotopic (exact) mass is 475 g/mol. The first kappa shape index (κ1) is 27.0. The van der Waals surface area contributed by atoms with Crippen molar-refractivity contribution in [3.63, 3.8) is 0 Å². The van der Waals surface area contributed by atoms with Gasteiger partial charge in [-0.15, -0.1) is 0 Å². The molecule has 0 aliphatic rings. The van der Waals surface area contributed by atoms with Crippen molar-refractivity contribution in [3.8, 4) is 0 Å². The van der Waals surface area contributed by atoms with E-state index in [0.29, 0.717) is 22.5 Å². The van der Waals surface area contributed by atoms with Gasteiger partial charge in [-0.05, 0) is 84.7 Å². The molecule has 1 atom stereocenters. The maximum absolute atomic E-state index is 13.5. The van der Waals surface area contributed by atoms with Gasteiger partial charge in [0.05, 0.1) is 11.3 Å². The minimum atomic E-state index is -1.64. The molecule has 186 valence electrons. The summed E-state index contributed by atoms with van der Waals surface area (Å²) in [6, 6.07) is 4.24. The van der Waals surface area contributed by atoms with Crippen LogP contribution in [0.2, 0.25) is 0 Å². The van der Waals surface area contributed by atoms with E-state index in [1.807, 2.05) is 0 Å². The van der Waals surface area contributed by atoms with Crippen molar-refractivity contribution in [3.05, 3.63) is 52.1 Å². The Morgan fingerprint density at radius 1 is 1.09 bits per heavy atom. The maximum atomic E-state index is 13.5. The van der Waals surface area contributed by atoms with Crippen LogP contribution in [0.5, 0.6) is 0 Å². The Labute approximate surface area is 199 Å². The van der Waals surface area contributed by atoms with Crippen molar-refractivity contribution in [2.75, 3.05) is 5.32 Å². The van der Waals surface area contributed by atoms with Gasteiger partial charge in [-0.25, -0.2) is 9.18 Å². The Morgan fingerprint density at radius 2 is 1.68 bits per heavy atom. The van der Waals surface area contributed by atoms with Crippen LogP contribution in [0.1, 0.15) is 73.6 Å². The summed E-state index contributed by atoms with van der Waals surface area (Å²) in [6.07, 6.45) is -1.64. The molecule has 0 fully saturated rings. The summed E-state index contributed by atoms with van der Waals surface area (Å²) in [5, 5.41) is 16.1. The lowest BCUT2D eigenvalue weighted by Gasteiger charge is -2.30. The highest BCUT2D eigenvalue weighted by Crippen LogP contribution is 2.28. The molecule has 0 radical (unpaired) electrons. The second kappa shape index (κ2) is 9.58. The van der Waals surface area contributed by atoms with E-state index in [1.165, 1.54) is 32.0 Å². The van der Waals surface area contributed by atoms with Crippen LogP contribution in [0.3, 0.4) is 0 Å². The first-order chi connectivity index (χ1) is 15.5. The number of aromatic nitrogens is 1. The molecule has 1 unspecified atom stereocenters. The highest BCUT2D eigenvalue weighted by atomic mass is 19.1. The third-order valence-corrected chi connectivity index (χ3v) is 5.48. The molecule has 34 heavy (non-hydrogen) atoms. The van der Waals surface area contributed by atoms with Crippen molar-refractivity contribution in [2.45, 2.75) is 72.6 Å². The van der Waals surface area contributed by atoms with Gasteiger partial charge in [-0.1, -0.05) is 0 Å². The molecule has 0 aliphatic carbocycles. The van der Waals surface area contributed by atoms with Crippen LogP contribution in [0.25, 0.3) is 0 Å². The number of hydrogen-bond acceptors (Lipinski definition) is 5. The van der Waals surface area contributed by atoms with Crippen molar-refractivity contribution in [1.82, 2.24) is 9.88 Å². The molecule has 1 aromatic carbocycles. The standard InChI is InChI=1S/C25H34FN3O5/c1-13-12-16(10-11-17(13)26)27-21(31)18-14(2)19(29(9)15(18)3)20(30)22(32)28-25(7,8)23(33)34-24(4,5)6/h10-12,20,30H,1-9H3,(H,27,31)(H,28,32). The second-order valence-corrected chi connectivity index (χ2v) is 9.97. The highest BCUT2D eigenvalue weighted by Gasteiger charge is 2.37. The van der Waals surface area contributed by atoms with Crippen LogP contribution >= 0.6 is 0 Å². The summed E-state index contributed by atoms with van der Waals surface area (Å²) < 4.78 is 20.5. The fraction of sp³-hybridized carbons (Fsp3) is 0.480. The van der Waals surface area contributed by atoms with Gasteiger partial charge in [0.25, 0.3) is 11.8 Å². The summed E-state index contributed by atoms with van der Waals surface area (Å²) >= 11 is 0. The number of aliphatic hydroxyl groups excluding tert-OH is 1. The van der Waals surface area contributed by atoms with Crippen LogP contribution in [-0.2, 0) is 21.4 Å². The number of carbonyl (C=O) groups is 3. The van der Waals surface area contributed by atoms with Gasteiger partial charge in [-0.2, -0.15) is 0 Å². The molecule has 0 saturated carbocycles. The number of ether oxygens (including phenoxy) is 1. The third kappa shape index (κ3) is 5.83. The van der Waals surface area contributed by atoms with Crippen molar-refractivity contribution in [1.29, 1.82) is 0 Å². The van der Waals surface area contributed by atoms with Crippen molar-refractivity contribution in [2.24, 2.45) is 7.05 Å². The SMILES string of the molecule is Cc1cc(NC(=O)c2c(C)c(C(O)C(=O)NC(C)(C)C(=O)OC(C)(C)C)n(C)c2C)ccc1F. The normalized spacial score (nSPS) is 12.8. The second-order valence-electron chi connectivity index (χ2n) is 9.97. The Hall–Kier alpha value is -3.20. The molecule has 2 rings (SSSR count). The molecule has 0 bridgehead atoms. The number of amides is 2. The van der Waals surface area contributed by atoms with E-state index in [9.17, 15) is 23.9 Å². The highest BCUT2D eigenvalue weighted by molar-refractivity contribution is 6.06. The summed E-state index contributed by atoms with van der Waals surface area (Å²) in [5.74, 6) is -2.28. The van der Waals surface area contributed by atoms with Crippen LogP contribution < -0.4 is 10.6 Å². The van der Waals surface area contributed by atoms with Gasteiger partial charge >= 0.3 is 5.97 Å². The van der Waals surface area contributed by atoms with E-state index in [4.69, 9.17) is 4.74 Å². The van der Waals surface area contributed by atoms with Gasteiger partial charge in [0.1, 0.15) is 17.0 Å². The molecule has 0 spiro atoms. The number of halogens is 1. The number of aliphatic hydroxyl groups is 1. The third-order valence-electron chi connectivity index (χ3n) is 5.48. The van der Waals surface area contributed by atoms with Crippen LogP contribution in [0, 0.1) is 26.6 Å². The van der Waals surface area contributed by atoms with E-state index >= 15 is 0 Å². The predicted molar refractivity (Wildman–Crippen MR) is 127 cm³/mol. The van der Waals surface area contributed by atoms with Crippen LogP contribution in [-0.4, -0.2) is 38.6 Å². The van der Waals surface area contributed by atoms with Gasteiger partial charge in [0, 0.05) is 18.4 Å². The number of esters is 1. The van der Waals surface area contributed by atoms with E-state index in [-0.39, 0.29) is 17.1 Å². The Bertz CT molecular complexity index is 1130. The topological polar surface area (TPSA) is 110 Å². The number of aryl methyl sites for hydroxylation is 1. The Kier molecular flexibility index (Phi) is 7.62. The summed E-state index contributed by atoms with van der Waals surface area (Å²) in [7, 11) is 1.63. The number of hydrogen-bond donors (Lipinski definition) is 3. The van der Waals surface area contributed by atoms with Gasteiger partial charge in [0.2, 0.25) is 0 Å². The largest absolute Gasteiger partial charge is 0.458 e. The Morgan fingerprint density at radius 3 is 2.21 bits per heavy atom. The van der Waals surface area contributed by atoms with E-state index in [2.05, 4.69) is 10.6 Å². The lowest BCUT2D eigenvalue weighted by atomic mass is 10.0. The molecule has 1 aromatic heterocycles. The minimum Gasteiger partial charge on any atom is -0.458 e. The molecule has 0 saturated heterocycles. The number of benzene rings is 1. The zero-order chi connectivity index (χ0) is 26.2. The molecule has 1 heterocycles. The fourth-order valence-electron chi connectivity index (χ4n) is 3.60. The molecule has 0 aliphatic heterocycles. The van der Waals surface area contributed by atoms with Crippen molar-refractivity contribution < 1.29 is 28.6 Å². The number of anilines is 1. The summed E-state index contributed by atoms with van der Waals surface area (Å²) in [6.45, 7) is 13.0. The number of nitrogens with one attached hydrogen (secondary N) is 2. The quantitative estimate of drug-likeness (QED) is 0.553. The van der Waals surface area contributed by atoms with Gasteiger partial charge in [0.15, 0.2) is 6.10 Å². The fourth-order valence-corrected chi connectivity index (χ4v) is 3.60. The van der Waals surface area contributed by atoms with E-state index in [1.54, 1.807) is 53.2 Å². The number of nitrogens with zero attached hydrogens (tertiary/aromatic N) is 1. The molecule has 3 N–H and O–H groups in total. The molecule has 8 nitrogen and oxygen atoms in total. The summed E-state index contributed by atoms with van der Waals surface area (Å²) in [5.41, 5.74) is 0.129. The van der Waals surface area contributed by atoms with Crippen molar-refractivity contribution >= 4 is 23.5 Å². The molecule has 2 aromatic rings. The molecular formula is C25H34FN3O5. The van der Waals surface area contributed by atoms with E-state index in [0.717, 1.165) is 0 Å². The zero-order valence-corrected chi connectivity index (χ0v) is 21.2. The summed E-state index contributed by atoms with van der Waals surface area (Å²) in [4.78, 5) is 38.3.